The highest BCUT2D eigenvalue weighted by molar-refractivity contribution is 7.93. The molecule has 30 heavy (non-hydrogen) atoms. The second kappa shape index (κ2) is 8.87. The molecule has 1 amide bonds. The summed E-state index contributed by atoms with van der Waals surface area (Å²) >= 11 is 1.04. The van der Waals surface area contributed by atoms with E-state index in [0.717, 1.165) is 42.5 Å². The lowest BCUT2D eigenvalue weighted by Crippen LogP contribution is -2.69. The van der Waals surface area contributed by atoms with Crippen LogP contribution in [0.4, 0.5) is 24.0 Å². The largest absolute Gasteiger partial charge is 0.463 e. The summed E-state index contributed by atoms with van der Waals surface area (Å²) in [6.07, 6.45) is -3.88. The number of esters is 1. The van der Waals surface area contributed by atoms with Crippen molar-refractivity contribution in [1.29, 1.82) is 0 Å². The number of sulfonamides is 1. The van der Waals surface area contributed by atoms with Gasteiger partial charge in [-0.2, -0.15) is 13.2 Å². The molecule has 0 aliphatic rings. The Hall–Kier alpha value is -2.87. The van der Waals surface area contributed by atoms with Gasteiger partial charge in [0.1, 0.15) is 0 Å². The molecule has 0 spiro atoms. The highest BCUT2D eigenvalue weighted by Crippen LogP contribution is 2.33. The van der Waals surface area contributed by atoms with Crippen LogP contribution in [-0.2, 0) is 24.3 Å². The van der Waals surface area contributed by atoms with Gasteiger partial charge in [-0.15, -0.1) is 11.3 Å². The minimum absolute atomic E-state index is 0.112. The predicted octanol–water partition coefficient (Wildman–Crippen LogP) is 2.31. The molecule has 1 atom stereocenters. The molecule has 9 nitrogen and oxygen atoms in total. The lowest BCUT2D eigenvalue weighted by molar-refractivity contribution is -0.207. The van der Waals surface area contributed by atoms with E-state index in [-0.39, 0.29) is 22.3 Å². The first-order chi connectivity index (χ1) is 13.9. The Morgan fingerprint density at radius 1 is 1.20 bits per heavy atom. The number of hydrogen-bond acceptors (Lipinski definition) is 8. The number of anilines is 2. The molecule has 1 aromatic heterocycles. The number of ether oxygens (including phenoxy) is 1. The fourth-order valence-electron chi connectivity index (χ4n) is 2.28. The van der Waals surface area contributed by atoms with Crippen molar-refractivity contribution < 1.29 is 35.9 Å². The number of amides is 1. The highest BCUT2D eigenvalue weighted by atomic mass is 32.2. The van der Waals surface area contributed by atoms with Gasteiger partial charge in [-0.3, -0.25) is 9.52 Å². The maximum Gasteiger partial charge on any atom is 0.441 e. The van der Waals surface area contributed by atoms with E-state index in [9.17, 15) is 31.2 Å². The molecule has 0 aliphatic carbocycles. The van der Waals surface area contributed by atoms with E-state index >= 15 is 0 Å². The minimum atomic E-state index is -5.28. The van der Waals surface area contributed by atoms with E-state index in [0.29, 0.717) is 0 Å². The SMILES string of the molecule is CCOC(=O)[C@](NC(C)=O)(Nc1ccc(S(=O)(=O)Nc2nccs2)cc1)C(F)(F)F. The summed E-state index contributed by atoms with van der Waals surface area (Å²) in [6, 6.07) is 4.08. The molecule has 0 aliphatic heterocycles. The molecule has 0 unspecified atom stereocenters. The molecule has 0 bridgehead atoms. The fourth-order valence-corrected chi connectivity index (χ4v) is 4.06. The number of nitrogens with zero attached hydrogens (tertiary/aromatic N) is 1. The molecule has 164 valence electrons. The summed E-state index contributed by atoms with van der Waals surface area (Å²) in [4.78, 5) is 27.0. The van der Waals surface area contributed by atoms with Crippen molar-refractivity contribution in [1.82, 2.24) is 10.3 Å². The smallest absolute Gasteiger partial charge is 0.441 e. The summed E-state index contributed by atoms with van der Waals surface area (Å²) in [6.45, 7) is 1.75. The van der Waals surface area contributed by atoms with Crippen molar-refractivity contribution in [3.8, 4) is 0 Å². The maximum absolute atomic E-state index is 13.8. The molecule has 1 aromatic carbocycles. The standard InChI is InChI=1S/C16H17F3N4O5S2/c1-3-28-13(25)15(16(17,18)19,21-10(2)24)22-11-4-6-12(7-5-11)30(26,27)23-14-20-8-9-29-14/h4-9,22H,3H2,1-2H3,(H,20,23)(H,21,24)/t15-/m0/s1. The van der Waals surface area contributed by atoms with Crippen molar-refractivity contribution in [2.45, 2.75) is 30.6 Å². The first kappa shape index (κ1) is 23.4. The van der Waals surface area contributed by atoms with Crippen molar-refractivity contribution in [3.63, 3.8) is 0 Å². The van der Waals surface area contributed by atoms with Gasteiger partial charge in [-0.1, -0.05) is 0 Å². The monoisotopic (exact) mass is 466 g/mol. The van der Waals surface area contributed by atoms with Gasteiger partial charge in [0.15, 0.2) is 5.13 Å². The molecule has 0 saturated carbocycles. The number of benzene rings is 1. The zero-order valence-corrected chi connectivity index (χ0v) is 17.2. The van der Waals surface area contributed by atoms with Crippen LogP contribution >= 0.6 is 11.3 Å². The number of thiazole rings is 1. The molecule has 0 radical (unpaired) electrons. The molecule has 0 fully saturated rings. The molecular weight excluding hydrogens is 449 g/mol. The third kappa shape index (κ3) is 5.18. The van der Waals surface area contributed by atoms with Crippen LogP contribution in [0.5, 0.6) is 0 Å². The zero-order valence-electron chi connectivity index (χ0n) is 15.6. The molecule has 1 heterocycles. The van der Waals surface area contributed by atoms with E-state index in [4.69, 9.17) is 0 Å². The Bertz CT molecular complexity index is 995. The van der Waals surface area contributed by atoms with E-state index in [2.05, 4.69) is 14.4 Å². The lowest BCUT2D eigenvalue weighted by Gasteiger charge is -2.35. The number of carbonyl (C=O) groups excluding carboxylic acids is 2. The fraction of sp³-hybridized carbons (Fsp3) is 0.312. The number of nitrogens with one attached hydrogen (secondary N) is 3. The van der Waals surface area contributed by atoms with Crippen LogP contribution in [0.25, 0.3) is 0 Å². The average molecular weight is 466 g/mol. The van der Waals surface area contributed by atoms with Crippen LogP contribution in [0, 0.1) is 0 Å². The first-order valence-electron chi connectivity index (χ1n) is 8.24. The van der Waals surface area contributed by atoms with Crippen LogP contribution in [-0.4, -0.2) is 43.7 Å². The Morgan fingerprint density at radius 2 is 1.83 bits per heavy atom. The van der Waals surface area contributed by atoms with Crippen LogP contribution < -0.4 is 15.4 Å². The number of hydrogen-bond donors (Lipinski definition) is 3. The quantitative estimate of drug-likeness (QED) is 0.403. The summed E-state index contributed by atoms with van der Waals surface area (Å²) in [7, 11) is -4.03. The number of alkyl halides is 3. The summed E-state index contributed by atoms with van der Waals surface area (Å²) < 4.78 is 72.7. The van der Waals surface area contributed by atoms with Crippen molar-refractivity contribution in [2.24, 2.45) is 0 Å². The number of aromatic nitrogens is 1. The van der Waals surface area contributed by atoms with Gasteiger partial charge in [0.2, 0.25) is 5.91 Å². The Kier molecular flexibility index (Phi) is 6.92. The second-order valence-corrected chi connectivity index (χ2v) is 8.32. The summed E-state index contributed by atoms with van der Waals surface area (Å²) in [5, 5.41) is 5.14. The van der Waals surface area contributed by atoms with Gasteiger partial charge < -0.3 is 15.4 Å². The first-order valence-corrected chi connectivity index (χ1v) is 10.6. The number of halogens is 3. The van der Waals surface area contributed by atoms with Gasteiger partial charge in [0, 0.05) is 24.2 Å². The van der Waals surface area contributed by atoms with Crippen LogP contribution in [0.3, 0.4) is 0 Å². The number of rotatable bonds is 8. The van der Waals surface area contributed by atoms with E-state index < -0.39 is 33.7 Å². The Morgan fingerprint density at radius 3 is 2.30 bits per heavy atom. The predicted molar refractivity (Wildman–Crippen MR) is 102 cm³/mol. The van der Waals surface area contributed by atoms with Crippen molar-refractivity contribution in [3.05, 3.63) is 35.8 Å². The Labute approximate surface area is 173 Å². The molecule has 2 rings (SSSR count). The van der Waals surface area contributed by atoms with Gasteiger partial charge in [-0.25, -0.2) is 18.2 Å². The van der Waals surface area contributed by atoms with Gasteiger partial charge in [0.05, 0.1) is 11.5 Å². The third-order valence-electron chi connectivity index (χ3n) is 3.52. The lowest BCUT2D eigenvalue weighted by atomic mass is 10.1. The van der Waals surface area contributed by atoms with E-state index in [1.165, 1.54) is 13.1 Å². The van der Waals surface area contributed by atoms with Crippen LogP contribution in [0.2, 0.25) is 0 Å². The maximum atomic E-state index is 13.8. The third-order valence-corrected chi connectivity index (χ3v) is 5.69. The van der Waals surface area contributed by atoms with Crippen LogP contribution in [0.15, 0.2) is 40.7 Å². The molecular formula is C16H17F3N4O5S2. The van der Waals surface area contributed by atoms with Crippen molar-refractivity contribution in [2.75, 3.05) is 16.6 Å². The normalized spacial score (nSPS) is 13.8. The van der Waals surface area contributed by atoms with Gasteiger partial charge in [-0.05, 0) is 31.2 Å². The van der Waals surface area contributed by atoms with Gasteiger partial charge in [0.25, 0.3) is 10.0 Å². The molecule has 0 saturated heterocycles. The molecule has 2 aromatic rings. The van der Waals surface area contributed by atoms with Crippen molar-refractivity contribution >= 4 is 44.1 Å². The number of carbonyl (C=O) groups is 2. The van der Waals surface area contributed by atoms with E-state index in [1.807, 2.05) is 5.32 Å². The van der Waals surface area contributed by atoms with Crippen LogP contribution in [0.1, 0.15) is 13.8 Å². The summed E-state index contributed by atoms with van der Waals surface area (Å²) in [5.41, 5.74) is -3.85. The Balaban J connectivity index is 2.36. The second-order valence-electron chi connectivity index (χ2n) is 5.74. The highest BCUT2D eigenvalue weighted by Gasteiger charge is 2.63. The molecule has 3 N–H and O–H groups in total. The average Bonchev–Trinajstić information content (AvgIpc) is 3.12. The zero-order chi connectivity index (χ0) is 22.6. The summed E-state index contributed by atoms with van der Waals surface area (Å²) in [5.74, 6) is -2.91. The topological polar surface area (TPSA) is 126 Å². The van der Waals surface area contributed by atoms with E-state index in [1.54, 1.807) is 10.7 Å². The van der Waals surface area contributed by atoms with Gasteiger partial charge >= 0.3 is 17.8 Å². The molecule has 14 heteroatoms. The minimum Gasteiger partial charge on any atom is -0.463 e.